The first kappa shape index (κ1) is 10.3. The van der Waals surface area contributed by atoms with Crippen LogP contribution in [0.3, 0.4) is 0 Å². The molecule has 1 aliphatic heterocycles. The van der Waals surface area contributed by atoms with E-state index in [0.29, 0.717) is 11.8 Å². The predicted octanol–water partition coefficient (Wildman–Crippen LogP) is 3.15. The third-order valence-electron chi connectivity index (χ3n) is 5.39. The number of benzene rings is 1. The summed E-state index contributed by atoms with van der Waals surface area (Å²) >= 11 is 0. The average Bonchev–Trinajstić information content (AvgIpc) is 2.71. The molecule has 96 valence electrons. The molecule has 19 heavy (non-hydrogen) atoms. The van der Waals surface area contributed by atoms with Crippen molar-refractivity contribution in [2.75, 3.05) is 0 Å². The van der Waals surface area contributed by atoms with Crippen LogP contribution in [0.25, 0.3) is 11.0 Å². The van der Waals surface area contributed by atoms with Crippen molar-refractivity contribution in [3.8, 4) is 0 Å². The van der Waals surface area contributed by atoms with E-state index in [-0.39, 0.29) is 11.2 Å². The fraction of sp³-hybridized carbons (Fsp3) is 0.500. The van der Waals surface area contributed by atoms with Gasteiger partial charge in [-0.05, 0) is 38.8 Å². The van der Waals surface area contributed by atoms with Crippen LogP contribution in [0.2, 0.25) is 0 Å². The van der Waals surface area contributed by atoms with Crippen LogP contribution in [0.4, 0.5) is 0 Å². The highest BCUT2D eigenvalue weighted by atomic mass is 16.6. The van der Waals surface area contributed by atoms with E-state index in [9.17, 15) is 0 Å². The molecule has 2 heterocycles. The first-order valence-electron chi connectivity index (χ1n) is 7.10. The zero-order valence-electron chi connectivity index (χ0n) is 11.2. The fourth-order valence-corrected chi connectivity index (χ4v) is 4.60. The van der Waals surface area contributed by atoms with Crippen molar-refractivity contribution >= 4 is 11.0 Å². The third-order valence-corrected chi connectivity index (χ3v) is 5.39. The van der Waals surface area contributed by atoms with Crippen LogP contribution in [0, 0.1) is 0 Å². The largest absolute Gasteiger partial charge is 0.362 e. The number of aromatic nitrogens is 2. The number of para-hydroxylation sites is 2. The molecule has 2 bridgehead atoms. The summed E-state index contributed by atoms with van der Waals surface area (Å²) in [4.78, 5) is 9.79. The van der Waals surface area contributed by atoms with Crippen LogP contribution in [0.15, 0.2) is 24.3 Å². The molecule has 1 aromatic carbocycles. The van der Waals surface area contributed by atoms with Crippen LogP contribution < -0.4 is 0 Å². The predicted molar refractivity (Wildman–Crippen MR) is 72.1 cm³/mol. The van der Waals surface area contributed by atoms with E-state index in [1.54, 1.807) is 0 Å². The minimum absolute atomic E-state index is 0.00655. The van der Waals surface area contributed by atoms with Crippen LogP contribution >= 0.6 is 0 Å². The molecule has 3 heteroatoms. The van der Waals surface area contributed by atoms with Crippen molar-refractivity contribution in [3.63, 3.8) is 0 Å². The molecule has 3 nitrogen and oxygen atoms in total. The van der Waals surface area contributed by atoms with Gasteiger partial charge in [-0.3, -0.25) is 0 Å². The van der Waals surface area contributed by atoms with Crippen molar-refractivity contribution in [3.05, 3.63) is 35.7 Å². The van der Waals surface area contributed by atoms with Gasteiger partial charge < -0.3 is 4.74 Å². The highest BCUT2D eigenvalue weighted by Gasteiger charge is 2.78. The van der Waals surface area contributed by atoms with Gasteiger partial charge in [0.05, 0.1) is 28.0 Å². The summed E-state index contributed by atoms with van der Waals surface area (Å²) in [6.07, 6.45) is 2.40. The van der Waals surface area contributed by atoms with Crippen LogP contribution in [0.5, 0.6) is 0 Å². The van der Waals surface area contributed by atoms with E-state index in [1.807, 2.05) is 12.1 Å². The lowest BCUT2D eigenvalue weighted by atomic mass is 9.85. The number of hydrogen-bond acceptors (Lipinski definition) is 3. The lowest BCUT2D eigenvalue weighted by molar-refractivity contribution is 0.259. The number of nitrogens with zero attached hydrogens (tertiary/aromatic N) is 2. The standard InChI is InChI=1S/C16H16N2O/c1-15(2)16(19-15)9-7-8-10(16)14-13(9)17-11-5-3-4-6-12(11)18-14/h3-6,9-10H,7-8H2,1-2H3/t9-,10+,16?. The Balaban J connectivity index is 1.79. The summed E-state index contributed by atoms with van der Waals surface area (Å²) in [6, 6.07) is 8.17. The van der Waals surface area contributed by atoms with Crippen molar-refractivity contribution in [2.45, 2.75) is 49.7 Å². The summed E-state index contributed by atoms with van der Waals surface area (Å²) in [5, 5.41) is 0. The maximum Gasteiger partial charge on any atom is 0.114 e. The third kappa shape index (κ3) is 0.983. The summed E-state index contributed by atoms with van der Waals surface area (Å²) in [5.41, 5.74) is 4.45. The summed E-state index contributed by atoms with van der Waals surface area (Å²) in [6.45, 7) is 4.42. The van der Waals surface area contributed by atoms with E-state index in [4.69, 9.17) is 14.7 Å². The number of epoxide rings is 1. The molecule has 0 N–H and O–H groups in total. The molecule has 0 radical (unpaired) electrons. The Morgan fingerprint density at radius 1 is 1.00 bits per heavy atom. The minimum atomic E-state index is -0.00655. The Bertz CT molecular complexity index is 671. The van der Waals surface area contributed by atoms with Gasteiger partial charge in [-0.1, -0.05) is 12.1 Å². The molecular weight excluding hydrogens is 236 g/mol. The maximum atomic E-state index is 6.17. The van der Waals surface area contributed by atoms with Crippen LogP contribution in [0.1, 0.15) is 49.9 Å². The maximum absolute atomic E-state index is 6.17. The van der Waals surface area contributed by atoms with E-state index in [1.165, 1.54) is 24.2 Å². The van der Waals surface area contributed by atoms with Crippen molar-refractivity contribution in [2.24, 2.45) is 0 Å². The SMILES string of the molecule is CC1(C)OC12[C@@H]1CC[C@H]2c2nc3ccccc3nc21. The molecule has 1 saturated carbocycles. The summed E-state index contributed by atoms with van der Waals surface area (Å²) in [7, 11) is 0. The molecule has 2 aliphatic carbocycles. The van der Waals surface area contributed by atoms with Crippen molar-refractivity contribution in [1.82, 2.24) is 9.97 Å². The Hall–Kier alpha value is -1.48. The highest BCUT2D eigenvalue weighted by molar-refractivity contribution is 5.75. The topological polar surface area (TPSA) is 38.3 Å². The van der Waals surface area contributed by atoms with Gasteiger partial charge in [0.15, 0.2) is 0 Å². The summed E-state index contributed by atoms with van der Waals surface area (Å²) in [5.74, 6) is 0.916. The quantitative estimate of drug-likeness (QED) is 0.676. The monoisotopic (exact) mass is 252 g/mol. The molecular formula is C16H16N2O. The van der Waals surface area contributed by atoms with E-state index in [2.05, 4.69) is 26.0 Å². The van der Waals surface area contributed by atoms with Gasteiger partial charge in [0, 0.05) is 11.8 Å². The van der Waals surface area contributed by atoms with Gasteiger partial charge in [0.25, 0.3) is 0 Å². The van der Waals surface area contributed by atoms with E-state index >= 15 is 0 Å². The molecule has 1 saturated heterocycles. The molecule has 1 spiro atoms. The first-order valence-corrected chi connectivity index (χ1v) is 7.10. The van der Waals surface area contributed by atoms with Gasteiger partial charge in [0.2, 0.25) is 0 Å². The molecule has 3 atom stereocenters. The molecule has 1 unspecified atom stereocenters. The van der Waals surface area contributed by atoms with Crippen LogP contribution in [-0.4, -0.2) is 21.2 Å². The second-order valence-electron chi connectivity index (χ2n) is 6.57. The second-order valence-corrected chi connectivity index (χ2v) is 6.57. The Labute approximate surface area is 112 Å². The van der Waals surface area contributed by atoms with Gasteiger partial charge in [-0.2, -0.15) is 0 Å². The number of rotatable bonds is 0. The smallest absolute Gasteiger partial charge is 0.114 e. The van der Waals surface area contributed by atoms with E-state index < -0.39 is 0 Å². The molecule has 3 aliphatic rings. The van der Waals surface area contributed by atoms with Gasteiger partial charge in [-0.25, -0.2) is 9.97 Å². The van der Waals surface area contributed by atoms with Gasteiger partial charge >= 0.3 is 0 Å². The zero-order valence-corrected chi connectivity index (χ0v) is 11.2. The Morgan fingerprint density at radius 2 is 1.47 bits per heavy atom. The lowest BCUT2D eigenvalue weighted by Crippen LogP contribution is -2.24. The normalized spacial score (nSPS) is 36.9. The number of hydrogen-bond donors (Lipinski definition) is 0. The molecule has 0 amide bonds. The fourth-order valence-electron chi connectivity index (χ4n) is 4.60. The Morgan fingerprint density at radius 3 is 1.89 bits per heavy atom. The second kappa shape index (κ2) is 2.83. The van der Waals surface area contributed by atoms with Gasteiger partial charge in [0.1, 0.15) is 5.60 Å². The minimum Gasteiger partial charge on any atom is -0.362 e. The van der Waals surface area contributed by atoms with E-state index in [0.717, 1.165) is 11.0 Å². The molecule has 2 aromatic rings. The van der Waals surface area contributed by atoms with Crippen molar-refractivity contribution in [1.29, 1.82) is 0 Å². The average molecular weight is 252 g/mol. The summed E-state index contributed by atoms with van der Waals surface area (Å²) < 4.78 is 6.17. The highest BCUT2D eigenvalue weighted by Crippen LogP contribution is 2.73. The molecule has 1 aromatic heterocycles. The molecule has 2 fully saturated rings. The molecule has 5 rings (SSSR count). The Kier molecular flexibility index (Phi) is 1.54. The van der Waals surface area contributed by atoms with Gasteiger partial charge in [-0.15, -0.1) is 0 Å². The van der Waals surface area contributed by atoms with Crippen molar-refractivity contribution < 1.29 is 4.74 Å². The first-order chi connectivity index (χ1) is 9.13. The van der Waals surface area contributed by atoms with Crippen LogP contribution in [-0.2, 0) is 4.74 Å². The lowest BCUT2D eigenvalue weighted by Gasteiger charge is -2.12. The zero-order chi connectivity index (χ0) is 12.8. The number of ether oxygens (including phenoxy) is 1. The number of fused-ring (bicyclic) bond motifs is 4.